The van der Waals surface area contributed by atoms with Crippen molar-refractivity contribution in [3.63, 3.8) is 0 Å². The second kappa shape index (κ2) is 5.95. The van der Waals surface area contributed by atoms with E-state index in [-0.39, 0.29) is 12.5 Å². The van der Waals surface area contributed by atoms with Gasteiger partial charge >= 0.3 is 0 Å². The summed E-state index contributed by atoms with van der Waals surface area (Å²) in [6.07, 6.45) is 4.78. The second-order valence-corrected chi connectivity index (χ2v) is 6.44. The zero-order valence-corrected chi connectivity index (χ0v) is 12.4. The topological polar surface area (TPSA) is 101 Å². The van der Waals surface area contributed by atoms with E-state index in [4.69, 9.17) is 5.73 Å². The summed E-state index contributed by atoms with van der Waals surface area (Å²) in [4.78, 5) is 13.5. The van der Waals surface area contributed by atoms with Gasteiger partial charge in [-0.1, -0.05) is 6.42 Å². The lowest BCUT2D eigenvalue weighted by Gasteiger charge is -2.17. The molecule has 2 heterocycles. The van der Waals surface area contributed by atoms with Gasteiger partial charge in [-0.15, -0.1) is 16.4 Å². The van der Waals surface area contributed by atoms with Crippen LogP contribution in [-0.4, -0.2) is 34.4 Å². The van der Waals surface area contributed by atoms with E-state index in [1.165, 1.54) is 11.3 Å². The van der Waals surface area contributed by atoms with Gasteiger partial charge < -0.3 is 16.2 Å². The summed E-state index contributed by atoms with van der Waals surface area (Å²) in [5.41, 5.74) is 6.48. The quantitative estimate of drug-likeness (QED) is 0.793. The Morgan fingerprint density at radius 2 is 2.29 bits per heavy atom. The number of hydrogen-bond acceptors (Lipinski definition) is 6. The first-order valence-electron chi connectivity index (χ1n) is 7.09. The monoisotopic (exact) mass is 306 g/mol. The minimum Gasteiger partial charge on any atom is -0.397 e. The lowest BCUT2D eigenvalue weighted by atomic mass is 9.97. The first-order chi connectivity index (χ1) is 10.2. The number of amides is 1. The molecule has 0 bridgehead atoms. The molecule has 0 aliphatic heterocycles. The fourth-order valence-electron chi connectivity index (χ4n) is 2.97. The molecule has 1 aliphatic rings. The van der Waals surface area contributed by atoms with Crippen molar-refractivity contribution in [2.24, 2.45) is 11.8 Å². The number of carbonyl (C=O) groups is 1. The SMILES string of the molecule is Nc1c(C(=O)NCC2CCCC2CO)sc2nnccc12. The minimum absolute atomic E-state index is 0.168. The van der Waals surface area contributed by atoms with Gasteiger partial charge in [0.05, 0.1) is 11.9 Å². The molecule has 0 saturated heterocycles. The number of aliphatic hydroxyl groups is 1. The van der Waals surface area contributed by atoms with Crippen LogP contribution >= 0.6 is 11.3 Å². The second-order valence-electron chi connectivity index (χ2n) is 5.44. The number of anilines is 1. The maximum atomic E-state index is 12.3. The highest BCUT2D eigenvalue weighted by Gasteiger charge is 2.27. The van der Waals surface area contributed by atoms with E-state index in [0.717, 1.165) is 24.6 Å². The van der Waals surface area contributed by atoms with Crippen LogP contribution in [0.2, 0.25) is 0 Å². The standard InChI is InChI=1S/C14H18N4O2S/c15-11-10-4-5-17-18-14(10)21-12(11)13(20)16-6-8-2-1-3-9(8)7-19/h4-5,8-9,19H,1-3,6-7,15H2,(H,16,20). The molecule has 0 aromatic carbocycles. The maximum absolute atomic E-state index is 12.3. The number of nitrogens with two attached hydrogens (primary N) is 1. The number of aromatic nitrogens is 2. The first-order valence-corrected chi connectivity index (χ1v) is 7.91. The summed E-state index contributed by atoms with van der Waals surface area (Å²) in [5, 5.41) is 20.8. The Kier molecular flexibility index (Phi) is 4.03. The van der Waals surface area contributed by atoms with Crippen LogP contribution in [0.25, 0.3) is 10.2 Å². The molecule has 2 atom stereocenters. The largest absolute Gasteiger partial charge is 0.397 e. The molecular weight excluding hydrogens is 288 g/mol. The van der Waals surface area contributed by atoms with Gasteiger partial charge in [-0.05, 0) is 30.7 Å². The number of aliphatic hydroxyl groups excluding tert-OH is 1. The Bertz CT molecular complexity index is 657. The van der Waals surface area contributed by atoms with E-state index >= 15 is 0 Å². The van der Waals surface area contributed by atoms with Crippen molar-refractivity contribution in [1.29, 1.82) is 0 Å². The van der Waals surface area contributed by atoms with E-state index in [9.17, 15) is 9.90 Å². The molecular formula is C14H18N4O2S. The summed E-state index contributed by atoms with van der Waals surface area (Å²) in [6, 6.07) is 1.77. The van der Waals surface area contributed by atoms with Crippen LogP contribution in [0.1, 0.15) is 28.9 Å². The van der Waals surface area contributed by atoms with Crippen LogP contribution in [0.15, 0.2) is 12.3 Å². The molecule has 1 aliphatic carbocycles. The number of thiophene rings is 1. The Labute approximate surface area is 126 Å². The van der Waals surface area contributed by atoms with Gasteiger partial charge in [0.1, 0.15) is 9.71 Å². The van der Waals surface area contributed by atoms with E-state index in [2.05, 4.69) is 15.5 Å². The molecule has 4 N–H and O–H groups in total. The molecule has 7 heteroatoms. The molecule has 112 valence electrons. The summed E-state index contributed by atoms with van der Waals surface area (Å²) < 4.78 is 0. The van der Waals surface area contributed by atoms with Crippen molar-refractivity contribution in [2.75, 3.05) is 18.9 Å². The van der Waals surface area contributed by atoms with Crippen LogP contribution in [0.4, 0.5) is 5.69 Å². The third-order valence-corrected chi connectivity index (χ3v) is 5.31. The maximum Gasteiger partial charge on any atom is 0.263 e. The first kappa shape index (κ1) is 14.2. The molecule has 2 unspecified atom stereocenters. The molecule has 1 fully saturated rings. The number of nitrogens with one attached hydrogen (secondary N) is 1. The average molecular weight is 306 g/mol. The van der Waals surface area contributed by atoms with E-state index < -0.39 is 0 Å². The van der Waals surface area contributed by atoms with Crippen LogP contribution in [0.3, 0.4) is 0 Å². The van der Waals surface area contributed by atoms with Crippen molar-refractivity contribution in [1.82, 2.24) is 15.5 Å². The van der Waals surface area contributed by atoms with Gasteiger partial charge in [-0.25, -0.2) is 0 Å². The lowest BCUT2D eigenvalue weighted by Crippen LogP contribution is -2.31. The Morgan fingerprint density at radius 3 is 3.05 bits per heavy atom. The summed E-state index contributed by atoms with van der Waals surface area (Å²) in [6.45, 7) is 0.782. The van der Waals surface area contributed by atoms with Crippen molar-refractivity contribution < 1.29 is 9.90 Å². The highest BCUT2D eigenvalue weighted by atomic mass is 32.1. The predicted molar refractivity (Wildman–Crippen MR) is 82.1 cm³/mol. The van der Waals surface area contributed by atoms with Gasteiger partial charge in [0, 0.05) is 18.5 Å². The Hall–Kier alpha value is -1.73. The Balaban J connectivity index is 1.71. The molecule has 6 nitrogen and oxygen atoms in total. The number of hydrogen-bond donors (Lipinski definition) is 3. The lowest BCUT2D eigenvalue weighted by molar-refractivity contribution is 0.0942. The average Bonchev–Trinajstić information content (AvgIpc) is 3.09. The van der Waals surface area contributed by atoms with Gasteiger partial charge in [-0.3, -0.25) is 4.79 Å². The molecule has 0 spiro atoms. The third kappa shape index (κ3) is 2.71. The fourth-order valence-corrected chi connectivity index (χ4v) is 3.92. The number of rotatable bonds is 4. The minimum atomic E-state index is -0.168. The zero-order chi connectivity index (χ0) is 14.8. The number of fused-ring (bicyclic) bond motifs is 1. The highest BCUT2D eigenvalue weighted by Crippen LogP contribution is 2.33. The smallest absolute Gasteiger partial charge is 0.263 e. The molecule has 1 saturated carbocycles. The molecule has 2 aromatic rings. The fraction of sp³-hybridized carbons (Fsp3) is 0.500. The Morgan fingerprint density at radius 1 is 1.48 bits per heavy atom. The third-order valence-electron chi connectivity index (χ3n) is 4.20. The molecule has 0 radical (unpaired) electrons. The van der Waals surface area contributed by atoms with Gasteiger partial charge in [-0.2, -0.15) is 5.10 Å². The van der Waals surface area contributed by atoms with E-state index in [1.54, 1.807) is 12.3 Å². The summed E-state index contributed by atoms with van der Waals surface area (Å²) >= 11 is 1.26. The van der Waals surface area contributed by atoms with Gasteiger partial charge in [0.15, 0.2) is 0 Å². The summed E-state index contributed by atoms with van der Waals surface area (Å²) in [7, 11) is 0. The molecule has 21 heavy (non-hydrogen) atoms. The van der Waals surface area contributed by atoms with Crippen molar-refractivity contribution in [3.8, 4) is 0 Å². The van der Waals surface area contributed by atoms with Gasteiger partial charge in [0.2, 0.25) is 0 Å². The number of nitrogens with zero attached hydrogens (tertiary/aromatic N) is 2. The zero-order valence-electron chi connectivity index (χ0n) is 11.6. The van der Waals surface area contributed by atoms with Crippen LogP contribution in [0, 0.1) is 11.8 Å². The number of carbonyl (C=O) groups excluding carboxylic acids is 1. The van der Waals surface area contributed by atoms with Crippen molar-refractivity contribution >= 4 is 33.1 Å². The van der Waals surface area contributed by atoms with Crippen LogP contribution in [0.5, 0.6) is 0 Å². The van der Waals surface area contributed by atoms with Gasteiger partial charge in [0.25, 0.3) is 5.91 Å². The normalized spacial score (nSPS) is 21.8. The molecule has 3 rings (SSSR count). The predicted octanol–water partition coefficient (Wildman–Crippen LogP) is 1.41. The number of nitrogen functional groups attached to an aromatic ring is 1. The van der Waals surface area contributed by atoms with Crippen molar-refractivity contribution in [2.45, 2.75) is 19.3 Å². The molecule has 2 aromatic heterocycles. The van der Waals surface area contributed by atoms with Crippen LogP contribution in [-0.2, 0) is 0 Å². The molecule has 1 amide bonds. The summed E-state index contributed by atoms with van der Waals surface area (Å²) in [5.74, 6) is 0.490. The highest BCUT2D eigenvalue weighted by molar-refractivity contribution is 7.21. The van der Waals surface area contributed by atoms with E-state index in [1.807, 2.05) is 0 Å². The van der Waals surface area contributed by atoms with Crippen molar-refractivity contribution in [3.05, 3.63) is 17.1 Å². The van der Waals surface area contributed by atoms with E-state index in [0.29, 0.717) is 33.8 Å². The van der Waals surface area contributed by atoms with Crippen LogP contribution < -0.4 is 11.1 Å².